The fourth-order valence-electron chi connectivity index (χ4n) is 10.5. The van der Waals surface area contributed by atoms with Crippen LogP contribution in [0.25, 0.3) is 0 Å². The van der Waals surface area contributed by atoms with Crippen molar-refractivity contribution in [1.29, 1.82) is 0 Å². The van der Waals surface area contributed by atoms with Crippen molar-refractivity contribution in [2.24, 2.45) is 0 Å². The van der Waals surface area contributed by atoms with Gasteiger partial charge in [0.1, 0.15) is 25.4 Å². The number of hydrogen-bond acceptors (Lipinski definition) is 14. The monoisotopic (exact) mass is 1460 g/mol. The summed E-state index contributed by atoms with van der Waals surface area (Å²) in [7, 11) is -9.80. The van der Waals surface area contributed by atoms with E-state index in [4.69, 9.17) is 32.3 Å². The van der Waals surface area contributed by atoms with E-state index in [0.717, 1.165) is 154 Å². The maximum atomic E-state index is 13.0. The van der Waals surface area contributed by atoms with Crippen molar-refractivity contribution >= 4 is 33.6 Å². The summed E-state index contributed by atoms with van der Waals surface area (Å²) in [5, 5.41) is 20.6. The lowest BCUT2D eigenvalue weighted by atomic mass is 10.0. The molecule has 0 heterocycles. The van der Waals surface area contributed by atoms with Gasteiger partial charge in [-0.3, -0.25) is 32.5 Å². The molecule has 0 spiro atoms. The highest BCUT2D eigenvalue weighted by Crippen LogP contribution is 2.45. The average Bonchev–Trinajstić information content (AvgIpc) is 0.951. The van der Waals surface area contributed by atoms with Gasteiger partial charge in [0.15, 0.2) is 6.10 Å². The number of phosphoric acid groups is 2. The van der Waals surface area contributed by atoms with Crippen LogP contribution in [0.2, 0.25) is 0 Å². The number of unbranched alkanes of at least 4 members (excludes halogenated alkanes) is 32. The van der Waals surface area contributed by atoms with Crippen LogP contribution in [0.5, 0.6) is 0 Å². The first kappa shape index (κ1) is 97.0. The summed E-state index contributed by atoms with van der Waals surface area (Å²) in [6, 6.07) is 0. The first-order valence-electron chi connectivity index (χ1n) is 39.8. The normalized spacial score (nSPS) is 14.6. The molecule has 101 heavy (non-hydrogen) atoms. The third-order valence-electron chi connectivity index (χ3n) is 16.6. The van der Waals surface area contributed by atoms with Crippen molar-refractivity contribution in [2.75, 3.05) is 39.6 Å². The van der Waals surface area contributed by atoms with Crippen molar-refractivity contribution in [2.45, 2.75) is 347 Å². The van der Waals surface area contributed by atoms with Gasteiger partial charge in [-0.15, -0.1) is 0 Å². The molecule has 5 atom stereocenters. The van der Waals surface area contributed by atoms with Gasteiger partial charge in [-0.2, -0.15) is 0 Å². The number of esters is 3. The molecule has 5 unspecified atom stereocenters. The number of hydrogen-bond donors (Lipinski definition) is 4. The number of carbonyl (C=O) groups is 3. The largest absolute Gasteiger partial charge is 0.472 e. The molecule has 0 aromatic carbocycles. The molecule has 0 radical (unpaired) electrons. The number of ether oxygens (including phenoxy) is 3. The Morgan fingerprint density at radius 3 is 0.782 bits per heavy atom. The van der Waals surface area contributed by atoms with E-state index in [2.05, 4.69) is 142 Å². The van der Waals surface area contributed by atoms with Crippen LogP contribution in [0.3, 0.4) is 0 Å². The summed E-state index contributed by atoms with van der Waals surface area (Å²) in [6.07, 6.45) is 89.5. The molecule has 16 nitrogen and oxygen atoms in total. The van der Waals surface area contributed by atoms with E-state index in [1.165, 1.54) is 116 Å². The van der Waals surface area contributed by atoms with Crippen molar-refractivity contribution in [1.82, 2.24) is 0 Å². The average molecular weight is 1460 g/mol. The van der Waals surface area contributed by atoms with Gasteiger partial charge in [0, 0.05) is 19.3 Å². The Labute approximate surface area is 614 Å². The highest BCUT2D eigenvalue weighted by molar-refractivity contribution is 7.47. The molecule has 0 aliphatic rings. The summed E-state index contributed by atoms with van der Waals surface area (Å²) in [5.74, 6) is -1.60. The van der Waals surface area contributed by atoms with Crippen molar-refractivity contribution < 1.29 is 75.8 Å². The van der Waals surface area contributed by atoms with Crippen LogP contribution in [0, 0.1) is 0 Å². The van der Waals surface area contributed by atoms with Crippen LogP contribution in [0.1, 0.15) is 329 Å². The number of carbonyl (C=O) groups excluding carboxylic acids is 3. The second-order valence-corrected chi connectivity index (χ2v) is 29.4. The zero-order valence-electron chi connectivity index (χ0n) is 63.5. The molecule has 4 N–H and O–H groups in total. The highest BCUT2D eigenvalue weighted by atomic mass is 31.2. The van der Waals surface area contributed by atoms with Gasteiger partial charge < -0.3 is 34.2 Å². The lowest BCUT2D eigenvalue weighted by Gasteiger charge is -2.21. The fraction of sp³-hybridized carbons (Fsp3) is 0.723. The second kappa shape index (κ2) is 75.6. The minimum atomic E-state index is -4.94. The molecular formula is C83H144O16P2. The maximum Gasteiger partial charge on any atom is 0.472 e. The number of phosphoric ester groups is 2. The molecule has 0 rings (SSSR count). The minimum Gasteiger partial charge on any atom is -0.463 e. The van der Waals surface area contributed by atoms with Gasteiger partial charge in [-0.05, 0) is 141 Å². The molecule has 0 amide bonds. The van der Waals surface area contributed by atoms with E-state index in [1.54, 1.807) is 0 Å². The lowest BCUT2D eigenvalue weighted by Crippen LogP contribution is -2.30. The Hall–Kier alpha value is -4.05. The van der Waals surface area contributed by atoms with E-state index < -0.39 is 91.5 Å². The smallest absolute Gasteiger partial charge is 0.463 e. The molecule has 0 saturated heterocycles. The Morgan fingerprint density at radius 1 is 0.277 bits per heavy atom. The Kier molecular flexibility index (Phi) is 72.6. The molecule has 0 fully saturated rings. The maximum absolute atomic E-state index is 13.0. The van der Waals surface area contributed by atoms with Crippen LogP contribution < -0.4 is 0 Å². The molecule has 0 saturated carbocycles. The lowest BCUT2D eigenvalue weighted by molar-refractivity contribution is -0.161. The standard InChI is InChI=1S/C83H144O16P2/c1-4-7-10-13-16-19-22-25-28-30-32-34-36-37-38-39-41-43-44-46-49-51-54-57-60-63-66-69-81(86)93-72-78(84)73-95-100(89,90)96-74-79(85)75-97-101(91,92)98-77-80(99-83(88)71-68-65-62-59-56-53-48-27-24-21-18-15-12-9-6-3)76-94-82(87)70-67-64-61-58-55-52-50-47-45-42-40-35-33-31-29-26-23-20-17-14-11-8-5-2/h16-21,25-29,32-35,37-38,42,45,48,78-80,84-85H,4-15,22-24,30-31,36,39-41,43-44,46-47,49-77H2,1-3H3,(H,89,90)(H,91,92)/b19-16-,20-17-,21-18-,28-25-,29-26-,34-32-,35-33-,38-37-,45-42-,48-27-. The quantitative estimate of drug-likeness (QED) is 0.0146. The Morgan fingerprint density at radius 2 is 0.495 bits per heavy atom. The second-order valence-electron chi connectivity index (χ2n) is 26.5. The predicted molar refractivity (Wildman–Crippen MR) is 417 cm³/mol. The third-order valence-corrected chi connectivity index (χ3v) is 18.5. The number of allylic oxidation sites excluding steroid dienone is 20. The molecule has 0 aromatic rings. The summed E-state index contributed by atoms with van der Waals surface area (Å²) in [6.45, 7) is 2.58. The number of rotatable bonds is 75. The predicted octanol–water partition coefficient (Wildman–Crippen LogP) is 23.3. The van der Waals surface area contributed by atoms with Crippen LogP contribution >= 0.6 is 15.6 Å². The Balaban J connectivity index is 4.58. The van der Waals surface area contributed by atoms with Crippen LogP contribution in [0.15, 0.2) is 122 Å². The van der Waals surface area contributed by atoms with E-state index >= 15 is 0 Å². The van der Waals surface area contributed by atoms with Gasteiger partial charge in [0.2, 0.25) is 0 Å². The third kappa shape index (κ3) is 76.9. The van der Waals surface area contributed by atoms with E-state index in [-0.39, 0.29) is 19.3 Å². The fourth-order valence-corrected chi connectivity index (χ4v) is 12.1. The zero-order valence-corrected chi connectivity index (χ0v) is 65.3. The number of aliphatic hydroxyl groups is 2. The summed E-state index contributed by atoms with van der Waals surface area (Å²) in [4.78, 5) is 58.7. The van der Waals surface area contributed by atoms with Crippen molar-refractivity contribution in [3.8, 4) is 0 Å². The minimum absolute atomic E-state index is 0.0840. The van der Waals surface area contributed by atoms with Crippen LogP contribution in [0.4, 0.5) is 0 Å². The van der Waals surface area contributed by atoms with Gasteiger partial charge in [-0.25, -0.2) is 9.13 Å². The van der Waals surface area contributed by atoms with E-state index in [9.17, 15) is 43.5 Å². The SMILES string of the molecule is CCCCC/C=C\C/C=C\C/C=C\C/C=C\CCCCCCCCCCCCCC(=O)OCC(O)COP(=O)(O)OCC(O)COP(=O)(O)OCC(COC(=O)CCCCCCCCC/C=C\C/C=C\C/C=C\C/C=C\CCCCC)OC(=O)CCCCCCC/C=C\C/C=C\CCCCC. The first-order valence-corrected chi connectivity index (χ1v) is 42.8. The van der Waals surface area contributed by atoms with Gasteiger partial charge in [0.05, 0.1) is 26.4 Å². The molecule has 18 heteroatoms. The van der Waals surface area contributed by atoms with Crippen molar-refractivity contribution in [3.63, 3.8) is 0 Å². The molecule has 0 bridgehead atoms. The summed E-state index contributed by atoms with van der Waals surface area (Å²) >= 11 is 0. The topological polar surface area (TPSA) is 231 Å². The van der Waals surface area contributed by atoms with Crippen LogP contribution in [-0.2, 0) is 55.8 Å². The summed E-state index contributed by atoms with van der Waals surface area (Å²) < 4.78 is 61.1. The highest BCUT2D eigenvalue weighted by Gasteiger charge is 2.29. The molecule has 0 aliphatic carbocycles. The molecule has 0 aliphatic heterocycles. The molecule has 0 aromatic heterocycles. The summed E-state index contributed by atoms with van der Waals surface area (Å²) in [5.41, 5.74) is 0. The molecule has 582 valence electrons. The van der Waals surface area contributed by atoms with Crippen molar-refractivity contribution in [3.05, 3.63) is 122 Å². The molecular weight excluding hydrogens is 1310 g/mol. The van der Waals surface area contributed by atoms with Gasteiger partial charge in [0.25, 0.3) is 0 Å². The van der Waals surface area contributed by atoms with Crippen LogP contribution in [-0.4, -0.2) is 95.9 Å². The van der Waals surface area contributed by atoms with E-state index in [0.29, 0.717) is 19.3 Å². The number of aliphatic hydroxyl groups excluding tert-OH is 2. The van der Waals surface area contributed by atoms with Gasteiger partial charge >= 0.3 is 33.6 Å². The van der Waals surface area contributed by atoms with E-state index in [1.807, 2.05) is 0 Å². The zero-order chi connectivity index (χ0) is 73.7. The first-order chi connectivity index (χ1) is 49.2. The Bertz CT molecular complexity index is 2320. The van der Waals surface area contributed by atoms with Gasteiger partial charge in [-0.1, -0.05) is 290 Å².